The number of piperazine rings is 1. The summed E-state index contributed by atoms with van der Waals surface area (Å²) in [5.41, 5.74) is 6.98. The summed E-state index contributed by atoms with van der Waals surface area (Å²) in [5, 5.41) is 6.14. The van der Waals surface area contributed by atoms with Crippen LogP contribution in [0.1, 0.15) is 73.8 Å². The maximum Gasteiger partial charge on any atom is 0.293 e. The normalized spacial score (nSPS) is 20.6. The number of benzene rings is 1. The van der Waals surface area contributed by atoms with Crippen LogP contribution in [0.25, 0.3) is 11.3 Å². The van der Waals surface area contributed by atoms with Gasteiger partial charge in [-0.3, -0.25) is 24.2 Å². The molecule has 0 radical (unpaired) electrons. The summed E-state index contributed by atoms with van der Waals surface area (Å²) in [5.74, 6) is -2.37. The standard InChI is InChI=1S/C43H51F2N9O3/c1-7-37(55)48-32-21-29(8-9-34(32)52-17-16-51(24-26(52)2)30-10-13-43(44,45)14-11-30)47-38-41(57)50(6)25-33(49-38)31-12-15-46-39(27(31)3)54-19-18-53-35(40(54)56)20-28-22-42(4,5)23-36(28)53/h7-9,12,15,20-21,25-26,30H,1,10-11,13-14,16-19,22-24H2,2-6H3,(H,47,49)(H,48,55). The predicted molar refractivity (Wildman–Crippen MR) is 219 cm³/mol. The number of halogens is 2. The Labute approximate surface area is 331 Å². The third kappa shape index (κ3) is 7.35. The molecular weight excluding hydrogens is 729 g/mol. The van der Waals surface area contributed by atoms with E-state index in [1.165, 1.54) is 21.9 Å². The van der Waals surface area contributed by atoms with Crippen molar-refractivity contribution in [2.45, 2.75) is 90.8 Å². The predicted octanol–water partition coefficient (Wildman–Crippen LogP) is 6.69. The summed E-state index contributed by atoms with van der Waals surface area (Å²) in [6, 6.07) is 9.61. The molecule has 2 aliphatic heterocycles. The monoisotopic (exact) mass is 779 g/mol. The lowest BCUT2D eigenvalue weighted by Crippen LogP contribution is -2.56. The fourth-order valence-corrected chi connectivity index (χ4v) is 9.35. The molecule has 3 aromatic heterocycles. The van der Waals surface area contributed by atoms with Crippen molar-refractivity contribution in [3.63, 3.8) is 0 Å². The Morgan fingerprint density at radius 2 is 1.81 bits per heavy atom. The first-order valence-corrected chi connectivity index (χ1v) is 19.9. The van der Waals surface area contributed by atoms with Crippen molar-refractivity contribution in [1.29, 1.82) is 0 Å². The topological polar surface area (TPSA) is 121 Å². The van der Waals surface area contributed by atoms with Crippen LogP contribution >= 0.6 is 0 Å². The second-order valence-electron chi connectivity index (χ2n) is 17.0. The van der Waals surface area contributed by atoms with Crippen LogP contribution in [-0.4, -0.2) is 80.0 Å². The molecule has 300 valence electrons. The molecule has 12 nitrogen and oxygen atoms in total. The zero-order valence-corrected chi connectivity index (χ0v) is 33.4. The van der Waals surface area contributed by atoms with E-state index in [0.717, 1.165) is 36.2 Å². The van der Waals surface area contributed by atoms with Gasteiger partial charge in [-0.1, -0.05) is 20.4 Å². The van der Waals surface area contributed by atoms with Crippen molar-refractivity contribution in [2.24, 2.45) is 12.5 Å². The fraction of sp³-hybridized carbons (Fsp3) is 0.465. The number of hydrogen-bond donors (Lipinski definition) is 2. The van der Waals surface area contributed by atoms with E-state index >= 15 is 0 Å². The fourth-order valence-electron chi connectivity index (χ4n) is 9.35. The molecule has 2 aliphatic carbocycles. The number of amides is 2. The number of aryl methyl sites for hydroxylation is 1. The summed E-state index contributed by atoms with van der Waals surface area (Å²) in [7, 11) is 1.66. The minimum atomic E-state index is -2.57. The van der Waals surface area contributed by atoms with Crippen molar-refractivity contribution in [3.8, 4) is 11.3 Å². The van der Waals surface area contributed by atoms with Crippen LogP contribution in [0.3, 0.4) is 0 Å². The van der Waals surface area contributed by atoms with E-state index in [0.29, 0.717) is 67.6 Å². The number of nitrogens with zero attached hydrogens (tertiary/aromatic N) is 7. The Morgan fingerprint density at radius 1 is 1.04 bits per heavy atom. The number of nitrogens with one attached hydrogen (secondary N) is 2. The molecular formula is C43H51F2N9O3. The molecule has 5 heterocycles. The van der Waals surface area contributed by atoms with Gasteiger partial charge in [0, 0.05) is 99.6 Å². The lowest BCUT2D eigenvalue weighted by atomic mass is 9.90. The SMILES string of the molecule is C=CC(=O)Nc1cc(Nc2nc(-c3ccnc(N4CCn5c(cc6c5CC(C)(C)C6)C4=O)c3C)cn(C)c2=O)ccc1N1CCN(C2CCC(F)(F)CC2)CC1C. The highest BCUT2D eigenvalue weighted by Crippen LogP contribution is 2.41. The smallest absolute Gasteiger partial charge is 0.293 e. The van der Waals surface area contributed by atoms with Gasteiger partial charge in [-0.05, 0) is 86.9 Å². The molecule has 2 N–H and O–H groups in total. The maximum atomic E-state index is 13.9. The Balaban J connectivity index is 1.04. The van der Waals surface area contributed by atoms with Crippen molar-refractivity contribution in [3.05, 3.63) is 88.2 Å². The Morgan fingerprint density at radius 3 is 2.54 bits per heavy atom. The zero-order chi connectivity index (χ0) is 40.4. The first kappa shape index (κ1) is 38.5. The minimum absolute atomic E-state index is 0.0532. The molecule has 2 fully saturated rings. The van der Waals surface area contributed by atoms with Crippen LogP contribution < -0.4 is 26.0 Å². The molecule has 4 aliphatic rings. The number of anilines is 5. The van der Waals surface area contributed by atoms with E-state index < -0.39 is 5.92 Å². The molecule has 0 bridgehead atoms. The van der Waals surface area contributed by atoms with Crippen LogP contribution in [0, 0.1) is 12.3 Å². The highest BCUT2D eigenvalue weighted by Gasteiger charge is 2.40. The summed E-state index contributed by atoms with van der Waals surface area (Å²) >= 11 is 0. The molecule has 8 rings (SSSR count). The largest absolute Gasteiger partial charge is 0.365 e. The van der Waals surface area contributed by atoms with E-state index in [1.807, 2.05) is 25.1 Å². The van der Waals surface area contributed by atoms with Gasteiger partial charge in [0.15, 0.2) is 5.82 Å². The second kappa shape index (κ2) is 14.5. The van der Waals surface area contributed by atoms with Gasteiger partial charge in [0.1, 0.15) is 11.5 Å². The summed E-state index contributed by atoms with van der Waals surface area (Å²) in [6.45, 7) is 15.5. The van der Waals surface area contributed by atoms with E-state index in [2.05, 4.69) is 63.4 Å². The average molecular weight is 780 g/mol. The highest BCUT2D eigenvalue weighted by atomic mass is 19.3. The van der Waals surface area contributed by atoms with Gasteiger partial charge in [-0.15, -0.1) is 0 Å². The van der Waals surface area contributed by atoms with Crippen molar-refractivity contribution < 1.29 is 18.4 Å². The summed E-state index contributed by atoms with van der Waals surface area (Å²) in [4.78, 5) is 55.8. The molecule has 1 saturated carbocycles. The third-order valence-corrected chi connectivity index (χ3v) is 12.3. The van der Waals surface area contributed by atoms with Gasteiger partial charge in [-0.2, -0.15) is 0 Å². The number of aromatic nitrogens is 4. The van der Waals surface area contributed by atoms with Gasteiger partial charge in [0.2, 0.25) is 11.8 Å². The maximum absolute atomic E-state index is 13.9. The number of rotatable bonds is 8. The lowest BCUT2D eigenvalue weighted by molar-refractivity contribution is -0.111. The van der Waals surface area contributed by atoms with E-state index in [1.54, 1.807) is 30.4 Å². The van der Waals surface area contributed by atoms with Crippen molar-refractivity contribution in [2.75, 3.05) is 46.6 Å². The van der Waals surface area contributed by atoms with Crippen molar-refractivity contribution >= 4 is 40.5 Å². The summed E-state index contributed by atoms with van der Waals surface area (Å²) in [6.07, 6.45) is 7.30. The van der Waals surface area contributed by atoms with Gasteiger partial charge < -0.3 is 24.7 Å². The molecule has 1 unspecified atom stereocenters. The highest BCUT2D eigenvalue weighted by molar-refractivity contribution is 6.06. The quantitative estimate of drug-likeness (QED) is 0.190. The number of carbonyl (C=O) groups excluding carboxylic acids is 2. The van der Waals surface area contributed by atoms with Gasteiger partial charge in [-0.25, -0.2) is 18.7 Å². The molecule has 1 saturated heterocycles. The van der Waals surface area contributed by atoms with Crippen LogP contribution in [0.4, 0.5) is 37.5 Å². The second-order valence-corrected chi connectivity index (χ2v) is 17.0. The van der Waals surface area contributed by atoms with Gasteiger partial charge in [0.05, 0.1) is 17.1 Å². The molecule has 0 spiro atoms. The molecule has 4 aromatic rings. The average Bonchev–Trinajstić information content (AvgIpc) is 3.66. The third-order valence-electron chi connectivity index (χ3n) is 12.3. The molecule has 14 heteroatoms. The number of carbonyl (C=O) groups is 2. The van der Waals surface area contributed by atoms with E-state index in [-0.39, 0.29) is 53.5 Å². The number of pyridine rings is 1. The van der Waals surface area contributed by atoms with Crippen LogP contribution in [0.15, 0.2) is 60.2 Å². The van der Waals surface area contributed by atoms with Gasteiger partial charge in [0.25, 0.3) is 11.5 Å². The Hall–Kier alpha value is -5.37. The zero-order valence-electron chi connectivity index (χ0n) is 33.4. The first-order valence-electron chi connectivity index (χ1n) is 19.9. The Bertz CT molecular complexity index is 2320. The van der Waals surface area contributed by atoms with E-state index in [4.69, 9.17) is 4.98 Å². The number of hydrogen-bond acceptors (Lipinski definition) is 8. The van der Waals surface area contributed by atoms with Crippen LogP contribution in [0.2, 0.25) is 0 Å². The lowest BCUT2D eigenvalue weighted by Gasteiger charge is -2.46. The molecule has 1 atom stereocenters. The van der Waals surface area contributed by atoms with Gasteiger partial charge >= 0.3 is 0 Å². The summed E-state index contributed by atoms with van der Waals surface area (Å²) < 4.78 is 31.4. The first-order chi connectivity index (χ1) is 27.1. The number of fused-ring (bicyclic) bond motifs is 3. The Kier molecular flexibility index (Phi) is 9.82. The van der Waals surface area contributed by atoms with Crippen LogP contribution in [-0.2, 0) is 31.2 Å². The number of alkyl halides is 2. The van der Waals surface area contributed by atoms with E-state index in [9.17, 15) is 23.2 Å². The van der Waals surface area contributed by atoms with Crippen molar-refractivity contribution in [1.82, 2.24) is 24.0 Å². The molecule has 1 aromatic carbocycles. The minimum Gasteiger partial charge on any atom is -0.365 e. The molecule has 57 heavy (non-hydrogen) atoms. The van der Waals surface area contributed by atoms with Crippen LogP contribution in [0.5, 0.6) is 0 Å². The molecule has 2 amide bonds.